The molecular formula is C12H15F3N2O2. The van der Waals surface area contributed by atoms with Gasteiger partial charge >= 0.3 is 6.18 Å². The average Bonchev–Trinajstić information content (AvgIpc) is 2.69. The molecule has 2 rings (SSSR count). The Morgan fingerprint density at radius 3 is 2.63 bits per heavy atom. The highest BCUT2D eigenvalue weighted by molar-refractivity contribution is 5.93. The summed E-state index contributed by atoms with van der Waals surface area (Å²) in [6, 6.07) is 2.77. The second-order valence-electron chi connectivity index (χ2n) is 4.88. The molecule has 0 atom stereocenters. The van der Waals surface area contributed by atoms with Gasteiger partial charge in [-0.15, -0.1) is 0 Å². The number of amides is 1. The highest BCUT2D eigenvalue weighted by Crippen LogP contribution is 2.26. The summed E-state index contributed by atoms with van der Waals surface area (Å²) in [6.07, 6.45) is -2.62. The molecule has 2 heterocycles. The lowest BCUT2D eigenvalue weighted by Gasteiger charge is -2.46. The predicted molar refractivity (Wildman–Crippen MR) is 61.6 cm³/mol. The van der Waals surface area contributed by atoms with Gasteiger partial charge in [0.15, 0.2) is 0 Å². The molecule has 1 aromatic rings. The van der Waals surface area contributed by atoms with Crippen molar-refractivity contribution in [2.24, 2.45) is 0 Å². The lowest BCUT2D eigenvalue weighted by Crippen LogP contribution is -2.63. The molecule has 0 unspecified atom stereocenters. The van der Waals surface area contributed by atoms with Crippen LogP contribution >= 0.6 is 0 Å². The van der Waals surface area contributed by atoms with Gasteiger partial charge < -0.3 is 14.6 Å². The van der Waals surface area contributed by atoms with E-state index >= 15 is 0 Å². The monoisotopic (exact) mass is 276 g/mol. The van der Waals surface area contributed by atoms with Crippen LogP contribution in [0.2, 0.25) is 0 Å². The minimum absolute atomic E-state index is 0.00419. The SMILES string of the molecule is CCC1(O)CN(C(=O)c2cccn2CC(F)(F)F)C1. The van der Waals surface area contributed by atoms with Gasteiger partial charge in [-0.3, -0.25) is 4.79 Å². The summed E-state index contributed by atoms with van der Waals surface area (Å²) in [6.45, 7) is 0.945. The first-order valence-corrected chi connectivity index (χ1v) is 5.98. The van der Waals surface area contributed by atoms with Crippen LogP contribution in [0.15, 0.2) is 18.3 Å². The first-order chi connectivity index (χ1) is 8.74. The van der Waals surface area contributed by atoms with Crippen molar-refractivity contribution in [2.75, 3.05) is 13.1 Å². The van der Waals surface area contributed by atoms with Crippen molar-refractivity contribution < 1.29 is 23.1 Å². The van der Waals surface area contributed by atoms with Gasteiger partial charge in [-0.25, -0.2) is 0 Å². The number of carbonyl (C=O) groups is 1. The van der Waals surface area contributed by atoms with Crippen LogP contribution in [0.25, 0.3) is 0 Å². The topological polar surface area (TPSA) is 45.5 Å². The second kappa shape index (κ2) is 4.56. The number of β-amino-alcohol motifs (C(OH)–C–C–N with tert-alkyl or cyclic N) is 1. The Morgan fingerprint density at radius 2 is 2.11 bits per heavy atom. The molecule has 0 radical (unpaired) electrons. The summed E-state index contributed by atoms with van der Waals surface area (Å²) < 4.78 is 37.9. The third-order valence-electron chi connectivity index (χ3n) is 3.31. The number of rotatable bonds is 3. The summed E-state index contributed by atoms with van der Waals surface area (Å²) >= 11 is 0. The number of likely N-dealkylation sites (tertiary alicyclic amines) is 1. The zero-order valence-electron chi connectivity index (χ0n) is 10.4. The quantitative estimate of drug-likeness (QED) is 0.912. The Morgan fingerprint density at radius 1 is 1.47 bits per heavy atom. The van der Waals surface area contributed by atoms with Crippen LogP contribution in [-0.2, 0) is 6.54 Å². The molecule has 19 heavy (non-hydrogen) atoms. The Bertz CT molecular complexity index is 476. The van der Waals surface area contributed by atoms with Crippen molar-refractivity contribution in [3.8, 4) is 0 Å². The van der Waals surface area contributed by atoms with E-state index in [1.807, 2.05) is 0 Å². The molecule has 1 fully saturated rings. The maximum absolute atomic E-state index is 12.4. The number of carbonyl (C=O) groups excluding carboxylic acids is 1. The van der Waals surface area contributed by atoms with Gasteiger partial charge in [0.2, 0.25) is 0 Å². The molecule has 1 aliphatic heterocycles. The minimum atomic E-state index is -4.37. The van der Waals surface area contributed by atoms with Gasteiger partial charge in [-0.05, 0) is 18.6 Å². The van der Waals surface area contributed by atoms with Gasteiger partial charge in [-0.2, -0.15) is 13.2 Å². The fourth-order valence-electron chi connectivity index (χ4n) is 2.13. The number of halogens is 3. The maximum Gasteiger partial charge on any atom is 0.406 e. The van der Waals surface area contributed by atoms with Gasteiger partial charge in [0.25, 0.3) is 5.91 Å². The van der Waals surface area contributed by atoms with Gasteiger partial charge in [0.05, 0.1) is 18.7 Å². The van der Waals surface area contributed by atoms with Crippen LogP contribution in [0.3, 0.4) is 0 Å². The zero-order valence-corrected chi connectivity index (χ0v) is 10.4. The summed E-state index contributed by atoms with van der Waals surface area (Å²) in [5.41, 5.74) is -0.896. The molecule has 1 N–H and O–H groups in total. The summed E-state index contributed by atoms with van der Waals surface area (Å²) in [5.74, 6) is -0.479. The number of hydrogen-bond acceptors (Lipinski definition) is 2. The van der Waals surface area contributed by atoms with Crippen molar-refractivity contribution in [3.05, 3.63) is 24.0 Å². The molecular weight excluding hydrogens is 261 g/mol. The lowest BCUT2D eigenvalue weighted by molar-refractivity contribution is -0.140. The third kappa shape index (κ3) is 2.91. The van der Waals surface area contributed by atoms with E-state index in [0.29, 0.717) is 6.42 Å². The van der Waals surface area contributed by atoms with Crippen LogP contribution in [0.5, 0.6) is 0 Å². The van der Waals surface area contributed by atoms with Crippen LogP contribution in [0, 0.1) is 0 Å². The second-order valence-corrected chi connectivity index (χ2v) is 4.88. The smallest absolute Gasteiger partial charge is 0.386 e. The molecule has 1 aliphatic rings. The van der Waals surface area contributed by atoms with Gasteiger partial charge in [0.1, 0.15) is 12.2 Å². The Labute approximate surface area is 108 Å². The largest absolute Gasteiger partial charge is 0.406 e. The minimum Gasteiger partial charge on any atom is -0.386 e. The molecule has 1 aromatic heterocycles. The highest BCUT2D eigenvalue weighted by Gasteiger charge is 2.43. The van der Waals surface area contributed by atoms with E-state index in [4.69, 9.17) is 0 Å². The van der Waals surface area contributed by atoms with E-state index in [2.05, 4.69) is 0 Å². The fraction of sp³-hybridized carbons (Fsp3) is 0.583. The lowest BCUT2D eigenvalue weighted by atomic mass is 9.91. The normalized spacial score (nSPS) is 18.3. The van der Waals surface area contributed by atoms with E-state index < -0.39 is 24.2 Å². The molecule has 0 aromatic carbocycles. The summed E-state index contributed by atoms with van der Waals surface area (Å²) in [7, 11) is 0. The van der Waals surface area contributed by atoms with Crippen molar-refractivity contribution in [3.63, 3.8) is 0 Å². The molecule has 0 saturated carbocycles. The molecule has 0 bridgehead atoms. The first-order valence-electron chi connectivity index (χ1n) is 5.98. The molecule has 0 spiro atoms. The van der Waals surface area contributed by atoms with Crippen LogP contribution < -0.4 is 0 Å². The fourth-order valence-corrected chi connectivity index (χ4v) is 2.13. The molecule has 0 aliphatic carbocycles. The maximum atomic E-state index is 12.4. The Hall–Kier alpha value is -1.50. The zero-order chi connectivity index (χ0) is 14.3. The van der Waals surface area contributed by atoms with Crippen molar-refractivity contribution in [2.45, 2.75) is 31.7 Å². The average molecular weight is 276 g/mol. The molecule has 1 saturated heterocycles. The van der Waals surface area contributed by atoms with E-state index in [1.54, 1.807) is 6.92 Å². The molecule has 4 nitrogen and oxygen atoms in total. The van der Waals surface area contributed by atoms with E-state index in [1.165, 1.54) is 23.2 Å². The number of alkyl halides is 3. The van der Waals surface area contributed by atoms with Gasteiger partial charge in [-0.1, -0.05) is 6.92 Å². The van der Waals surface area contributed by atoms with E-state index in [-0.39, 0.29) is 18.8 Å². The Kier molecular flexibility index (Phi) is 3.34. The molecule has 1 amide bonds. The summed E-state index contributed by atoms with van der Waals surface area (Å²) in [4.78, 5) is 13.4. The van der Waals surface area contributed by atoms with Crippen LogP contribution in [0.1, 0.15) is 23.8 Å². The van der Waals surface area contributed by atoms with Crippen LogP contribution in [-0.4, -0.2) is 45.3 Å². The molecule has 106 valence electrons. The number of aliphatic hydroxyl groups is 1. The number of aromatic nitrogens is 1. The van der Waals surface area contributed by atoms with E-state index in [0.717, 1.165) is 4.57 Å². The highest BCUT2D eigenvalue weighted by atomic mass is 19.4. The number of nitrogens with zero attached hydrogens (tertiary/aromatic N) is 2. The predicted octanol–water partition coefficient (Wildman–Crippen LogP) is 1.65. The van der Waals surface area contributed by atoms with E-state index in [9.17, 15) is 23.1 Å². The van der Waals surface area contributed by atoms with Crippen LogP contribution in [0.4, 0.5) is 13.2 Å². The van der Waals surface area contributed by atoms with Gasteiger partial charge in [0, 0.05) is 6.20 Å². The Balaban J connectivity index is 2.07. The number of hydrogen-bond donors (Lipinski definition) is 1. The van der Waals surface area contributed by atoms with Crippen molar-refractivity contribution in [1.82, 2.24) is 9.47 Å². The third-order valence-corrected chi connectivity index (χ3v) is 3.31. The molecule has 7 heteroatoms. The van der Waals surface area contributed by atoms with Crippen molar-refractivity contribution in [1.29, 1.82) is 0 Å². The standard InChI is InChI=1S/C12H15F3N2O2/c1-2-11(19)6-17(7-11)10(18)9-4-3-5-16(9)8-12(13,14)15/h3-5,19H,2,6-8H2,1H3. The van der Waals surface area contributed by atoms with Crippen molar-refractivity contribution >= 4 is 5.91 Å². The first kappa shape index (κ1) is 13.9. The summed E-state index contributed by atoms with van der Waals surface area (Å²) in [5, 5.41) is 9.81.